The Balaban J connectivity index is 2.59. The number of ether oxygens (including phenoxy) is 1. The smallest absolute Gasteiger partial charge is 0.258 e. The Morgan fingerprint density at radius 3 is 2.39 bits per heavy atom. The molecule has 0 aliphatic heterocycles. The minimum atomic E-state index is -0.772. The summed E-state index contributed by atoms with van der Waals surface area (Å²) in [6, 6.07) is 11.9. The van der Waals surface area contributed by atoms with E-state index >= 15 is 0 Å². The van der Waals surface area contributed by atoms with Gasteiger partial charge in [-0.15, -0.1) is 0 Å². The van der Waals surface area contributed by atoms with Crippen molar-refractivity contribution in [1.29, 1.82) is 5.26 Å². The minimum absolute atomic E-state index is 0.0701. The van der Waals surface area contributed by atoms with Gasteiger partial charge in [0.05, 0.1) is 23.3 Å². The monoisotopic (exact) mass is 400 g/mol. The Labute approximate surface area is 169 Å². The molecule has 146 valence electrons. The molecule has 0 fully saturated rings. The van der Waals surface area contributed by atoms with E-state index in [1.807, 2.05) is 52.0 Å². The van der Waals surface area contributed by atoms with Gasteiger partial charge in [-0.3, -0.25) is 4.79 Å². The van der Waals surface area contributed by atoms with Gasteiger partial charge in [0.25, 0.3) is 5.91 Å². The van der Waals surface area contributed by atoms with Crippen molar-refractivity contribution in [1.82, 2.24) is 5.32 Å². The molecule has 0 spiro atoms. The highest BCUT2D eigenvalue weighted by molar-refractivity contribution is 6.32. The maximum atomic E-state index is 14.4. The van der Waals surface area contributed by atoms with Gasteiger partial charge < -0.3 is 10.1 Å². The highest BCUT2D eigenvalue weighted by atomic mass is 35.5. The fourth-order valence-electron chi connectivity index (χ4n) is 2.77. The predicted molar refractivity (Wildman–Crippen MR) is 109 cm³/mol. The molecule has 6 heteroatoms. The van der Waals surface area contributed by atoms with E-state index in [4.69, 9.17) is 16.3 Å². The van der Waals surface area contributed by atoms with Crippen molar-refractivity contribution in [3.8, 4) is 11.8 Å². The van der Waals surface area contributed by atoms with Gasteiger partial charge >= 0.3 is 0 Å². The predicted octanol–water partition coefficient (Wildman–Crippen LogP) is 5.51. The second-order valence-corrected chi connectivity index (χ2v) is 7.75. The van der Waals surface area contributed by atoms with Gasteiger partial charge in [0.1, 0.15) is 17.6 Å². The first-order valence-corrected chi connectivity index (χ1v) is 9.03. The molecule has 0 saturated carbocycles. The highest BCUT2D eigenvalue weighted by Crippen LogP contribution is 2.33. The quantitative estimate of drug-likeness (QED) is 0.688. The number of hydrogen-bond acceptors (Lipinski definition) is 3. The maximum absolute atomic E-state index is 14.4. The van der Waals surface area contributed by atoms with Crippen LogP contribution in [-0.4, -0.2) is 13.0 Å². The molecule has 2 rings (SSSR count). The first kappa shape index (κ1) is 21.5. The SMILES string of the molecule is COc1cc(C(=O)NC(=C(C#N)c2ccccc2C)C(C)(C)C)c(F)cc1Cl. The van der Waals surface area contributed by atoms with Crippen LogP contribution >= 0.6 is 11.6 Å². The number of rotatable bonds is 4. The van der Waals surface area contributed by atoms with Crippen LogP contribution in [0.4, 0.5) is 4.39 Å². The number of aryl methyl sites for hydroxylation is 1. The van der Waals surface area contributed by atoms with Crippen LogP contribution in [-0.2, 0) is 0 Å². The zero-order valence-corrected chi connectivity index (χ0v) is 17.2. The fourth-order valence-corrected chi connectivity index (χ4v) is 3.00. The number of methoxy groups -OCH3 is 1. The van der Waals surface area contributed by atoms with Gasteiger partial charge in [-0.1, -0.05) is 56.6 Å². The minimum Gasteiger partial charge on any atom is -0.495 e. The summed E-state index contributed by atoms with van der Waals surface area (Å²) in [7, 11) is 1.38. The summed E-state index contributed by atoms with van der Waals surface area (Å²) in [4.78, 5) is 12.8. The first-order valence-electron chi connectivity index (χ1n) is 8.65. The maximum Gasteiger partial charge on any atom is 0.258 e. The number of allylic oxidation sites excluding steroid dienone is 2. The normalized spacial score (nSPS) is 12.1. The Kier molecular flexibility index (Phi) is 6.48. The zero-order chi connectivity index (χ0) is 21.1. The second kappa shape index (κ2) is 8.45. The lowest BCUT2D eigenvalue weighted by Gasteiger charge is -2.26. The van der Waals surface area contributed by atoms with E-state index in [9.17, 15) is 14.4 Å². The number of carbonyl (C=O) groups is 1. The zero-order valence-electron chi connectivity index (χ0n) is 16.5. The fraction of sp³-hybridized carbons (Fsp3) is 0.273. The van der Waals surface area contributed by atoms with Crippen LogP contribution < -0.4 is 10.1 Å². The molecule has 0 heterocycles. The van der Waals surface area contributed by atoms with Gasteiger partial charge in [0.2, 0.25) is 0 Å². The molecule has 2 aromatic carbocycles. The summed E-state index contributed by atoms with van der Waals surface area (Å²) in [5, 5.41) is 12.6. The van der Waals surface area contributed by atoms with E-state index in [0.717, 1.165) is 11.6 Å². The average molecular weight is 401 g/mol. The van der Waals surface area contributed by atoms with Gasteiger partial charge in [-0.25, -0.2) is 4.39 Å². The standard InChI is InChI=1S/C22H22ClFN2O2/c1-13-8-6-7-9-14(13)16(12-25)20(22(2,3)4)26-21(27)15-10-19(28-5)17(23)11-18(15)24/h6-11H,1-5H3,(H,26,27). The summed E-state index contributed by atoms with van der Waals surface area (Å²) in [5.74, 6) is -1.27. The molecule has 2 aromatic rings. The Morgan fingerprint density at radius 2 is 1.86 bits per heavy atom. The molecule has 0 aliphatic rings. The molecule has 1 N–H and O–H groups in total. The number of nitriles is 1. The van der Waals surface area contributed by atoms with Gasteiger partial charge in [0, 0.05) is 11.1 Å². The topological polar surface area (TPSA) is 62.1 Å². The number of nitrogens with zero attached hydrogens (tertiary/aromatic N) is 1. The van der Waals surface area contributed by atoms with Crippen molar-refractivity contribution >= 4 is 23.1 Å². The highest BCUT2D eigenvalue weighted by Gasteiger charge is 2.27. The summed E-state index contributed by atoms with van der Waals surface area (Å²) >= 11 is 5.91. The molecule has 0 radical (unpaired) electrons. The van der Waals surface area contributed by atoms with Crippen molar-refractivity contribution in [3.63, 3.8) is 0 Å². The van der Waals surface area contributed by atoms with Crippen LogP contribution in [0, 0.1) is 29.5 Å². The summed E-state index contributed by atoms with van der Waals surface area (Å²) in [5.41, 5.74) is 1.56. The van der Waals surface area contributed by atoms with Crippen LogP contribution in [0.25, 0.3) is 5.57 Å². The van der Waals surface area contributed by atoms with Gasteiger partial charge in [-0.05, 0) is 30.2 Å². The first-order chi connectivity index (χ1) is 13.1. The van der Waals surface area contributed by atoms with Crippen molar-refractivity contribution in [2.45, 2.75) is 27.7 Å². The second-order valence-electron chi connectivity index (χ2n) is 7.35. The summed E-state index contributed by atoms with van der Waals surface area (Å²) < 4.78 is 19.4. The molecule has 1 amide bonds. The molecular formula is C22H22ClFN2O2. The summed E-state index contributed by atoms with van der Waals surface area (Å²) in [6.07, 6.45) is 0. The lowest BCUT2D eigenvalue weighted by atomic mass is 9.85. The number of hydrogen-bond donors (Lipinski definition) is 1. The Morgan fingerprint density at radius 1 is 1.21 bits per heavy atom. The molecule has 0 atom stereocenters. The third-order valence-corrected chi connectivity index (χ3v) is 4.55. The van der Waals surface area contributed by atoms with Crippen LogP contribution in [0.15, 0.2) is 42.1 Å². The van der Waals surface area contributed by atoms with E-state index in [0.29, 0.717) is 16.8 Å². The molecule has 4 nitrogen and oxygen atoms in total. The lowest BCUT2D eigenvalue weighted by molar-refractivity contribution is 0.0953. The van der Waals surface area contributed by atoms with Gasteiger partial charge in [0.15, 0.2) is 0 Å². The number of benzene rings is 2. The van der Waals surface area contributed by atoms with E-state index in [1.54, 1.807) is 0 Å². The largest absolute Gasteiger partial charge is 0.495 e. The number of carbonyl (C=O) groups excluding carboxylic acids is 1. The van der Waals surface area contributed by atoms with E-state index in [1.165, 1.54) is 13.2 Å². The van der Waals surface area contributed by atoms with Crippen LogP contribution in [0.1, 0.15) is 42.3 Å². The van der Waals surface area contributed by atoms with Crippen molar-refractivity contribution in [3.05, 3.63) is 69.6 Å². The van der Waals surface area contributed by atoms with E-state index in [2.05, 4.69) is 11.4 Å². The molecule has 28 heavy (non-hydrogen) atoms. The van der Waals surface area contributed by atoms with Crippen molar-refractivity contribution in [2.75, 3.05) is 7.11 Å². The van der Waals surface area contributed by atoms with Crippen LogP contribution in [0.3, 0.4) is 0 Å². The third kappa shape index (κ3) is 4.52. The number of halogens is 2. The Bertz CT molecular complexity index is 985. The Hall–Kier alpha value is -2.84. The molecule has 0 unspecified atom stereocenters. The number of nitrogens with one attached hydrogen (secondary N) is 1. The van der Waals surface area contributed by atoms with Crippen LogP contribution in [0.5, 0.6) is 5.75 Å². The summed E-state index contributed by atoms with van der Waals surface area (Å²) in [6.45, 7) is 7.50. The van der Waals surface area contributed by atoms with Gasteiger partial charge in [-0.2, -0.15) is 5.26 Å². The third-order valence-electron chi connectivity index (χ3n) is 4.25. The number of amides is 1. The van der Waals surface area contributed by atoms with E-state index in [-0.39, 0.29) is 16.3 Å². The molecular weight excluding hydrogens is 379 g/mol. The van der Waals surface area contributed by atoms with Crippen molar-refractivity contribution < 1.29 is 13.9 Å². The van der Waals surface area contributed by atoms with Crippen LogP contribution in [0.2, 0.25) is 5.02 Å². The van der Waals surface area contributed by atoms with Crippen molar-refractivity contribution in [2.24, 2.45) is 5.41 Å². The molecule has 0 aromatic heterocycles. The lowest BCUT2D eigenvalue weighted by Crippen LogP contribution is -2.32. The molecule has 0 saturated heterocycles. The van der Waals surface area contributed by atoms with E-state index < -0.39 is 17.1 Å². The molecule has 0 aliphatic carbocycles. The average Bonchev–Trinajstić information content (AvgIpc) is 2.62. The molecule has 0 bridgehead atoms.